The number of nitrogens with zero attached hydrogens (tertiary/aromatic N) is 3. The average molecular weight is 461 g/mol. The first kappa shape index (κ1) is 20.2. The van der Waals surface area contributed by atoms with Crippen LogP contribution in [0.2, 0.25) is 4.47 Å². The fourth-order valence-corrected chi connectivity index (χ4v) is 5.76. The Morgan fingerprint density at radius 1 is 1.38 bits per heavy atom. The van der Waals surface area contributed by atoms with Crippen molar-refractivity contribution in [2.45, 2.75) is 17.4 Å². The van der Waals surface area contributed by atoms with Gasteiger partial charge in [-0.1, -0.05) is 23.7 Å². The predicted octanol–water partition coefficient (Wildman–Crippen LogP) is 4.17. The van der Waals surface area contributed by atoms with Gasteiger partial charge >= 0.3 is 16.9 Å². The molecule has 0 fully saturated rings. The molecule has 5 nitrogen and oxygen atoms in total. The van der Waals surface area contributed by atoms with E-state index in [1.807, 2.05) is 0 Å². The molecule has 0 aliphatic carbocycles. The number of thioether (sulfide) groups is 1. The fraction of sp³-hybridized carbons (Fsp3) is 0.278. The summed E-state index contributed by atoms with van der Waals surface area (Å²) in [7, 11) is 3.11. The van der Waals surface area contributed by atoms with Crippen LogP contribution in [0.3, 0.4) is 0 Å². The second kappa shape index (κ2) is 7.33. The van der Waals surface area contributed by atoms with Crippen molar-refractivity contribution in [1.82, 2.24) is 9.55 Å². The van der Waals surface area contributed by atoms with Crippen LogP contribution < -0.4 is 14.9 Å². The molecule has 2 aromatic heterocycles. The number of hydrogen-bond donors (Lipinski definition) is 0. The highest BCUT2D eigenvalue weighted by Crippen LogP contribution is 2.39. The van der Waals surface area contributed by atoms with E-state index in [1.54, 1.807) is 22.4 Å². The number of rotatable bonds is 3. The van der Waals surface area contributed by atoms with Crippen molar-refractivity contribution in [2.75, 3.05) is 12.9 Å². The normalized spacial score (nSPS) is 16.1. The summed E-state index contributed by atoms with van der Waals surface area (Å²) < 4.78 is 48.7. The van der Waals surface area contributed by atoms with E-state index in [4.69, 9.17) is 16.3 Å². The van der Waals surface area contributed by atoms with Crippen molar-refractivity contribution in [2.24, 2.45) is 7.05 Å². The molecule has 0 bridgehead atoms. The van der Waals surface area contributed by atoms with Gasteiger partial charge in [-0.05, 0) is 29.5 Å². The molecule has 29 heavy (non-hydrogen) atoms. The van der Waals surface area contributed by atoms with Crippen LogP contribution in [0.1, 0.15) is 16.5 Å². The molecule has 152 valence electrons. The molecule has 1 aliphatic rings. The Kier molecular flexibility index (Phi) is 5.12. The lowest BCUT2D eigenvalue weighted by molar-refractivity contribution is -0.719. The van der Waals surface area contributed by atoms with Crippen LogP contribution in [0.5, 0.6) is 5.88 Å². The summed E-state index contributed by atoms with van der Waals surface area (Å²) in [5, 5.41) is 0.650. The Labute approximate surface area is 176 Å². The third-order valence-electron chi connectivity index (χ3n) is 4.62. The van der Waals surface area contributed by atoms with Crippen LogP contribution in [0.15, 0.2) is 40.4 Å². The minimum absolute atomic E-state index is 0.0768. The summed E-state index contributed by atoms with van der Waals surface area (Å²) in [6.07, 6.45) is -2.90. The van der Waals surface area contributed by atoms with Crippen LogP contribution in [-0.2, 0) is 13.2 Å². The molecule has 1 aliphatic heterocycles. The zero-order chi connectivity index (χ0) is 20.9. The predicted molar refractivity (Wildman–Crippen MR) is 105 cm³/mol. The van der Waals surface area contributed by atoms with Crippen LogP contribution in [-0.4, -0.2) is 22.4 Å². The van der Waals surface area contributed by atoms with Gasteiger partial charge in [-0.2, -0.15) is 22.3 Å². The number of halogens is 4. The van der Waals surface area contributed by atoms with E-state index < -0.39 is 17.3 Å². The molecule has 3 aromatic rings. The van der Waals surface area contributed by atoms with Crippen molar-refractivity contribution in [1.29, 1.82) is 0 Å². The molecule has 0 spiro atoms. The highest BCUT2D eigenvalue weighted by Gasteiger charge is 2.40. The zero-order valence-corrected chi connectivity index (χ0v) is 17.5. The van der Waals surface area contributed by atoms with Crippen molar-refractivity contribution in [3.63, 3.8) is 0 Å². The van der Waals surface area contributed by atoms with Gasteiger partial charge in [0.25, 0.3) is 5.88 Å². The lowest BCUT2D eigenvalue weighted by Crippen LogP contribution is -2.42. The van der Waals surface area contributed by atoms with Gasteiger partial charge in [0.1, 0.15) is 0 Å². The van der Waals surface area contributed by atoms with Crippen molar-refractivity contribution < 1.29 is 22.5 Å². The molecule has 0 unspecified atom stereocenters. The molecule has 3 heterocycles. The number of ether oxygens (including phenoxy) is 1. The van der Waals surface area contributed by atoms with Gasteiger partial charge in [0.05, 0.1) is 30.4 Å². The quantitative estimate of drug-likeness (QED) is 0.435. The number of benzene rings is 1. The van der Waals surface area contributed by atoms with Crippen molar-refractivity contribution in [3.8, 4) is 17.0 Å². The Hall–Kier alpha value is -2.04. The highest BCUT2D eigenvalue weighted by atomic mass is 35.5. The minimum Gasteiger partial charge on any atom is -0.465 e. The molecule has 4 rings (SSSR count). The highest BCUT2D eigenvalue weighted by molar-refractivity contribution is 7.99. The summed E-state index contributed by atoms with van der Waals surface area (Å²) in [6, 6.07) is 4.38. The lowest BCUT2D eigenvalue weighted by Gasteiger charge is -2.14. The number of aromatic nitrogens is 3. The maximum Gasteiger partial charge on any atom is 0.416 e. The molecular weight excluding hydrogens is 447 g/mol. The molecule has 0 radical (unpaired) electrons. The molecule has 0 N–H and O–H groups in total. The first-order valence-electron chi connectivity index (χ1n) is 8.36. The molecule has 0 amide bonds. The number of alkyl halides is 3. The smallest absolute Gasteiger partial charge is 0.416 e. The van der Waals surface area contributed by atoms with Crippen LogP contribution in [0, 0.1) is 0 Å². The SMILES string of the molecule is COc1c(-c2cccc(C(F)(F)F)c2)c(=O)n2c([n+]1C)SC[C@@H]2c1cnc(Cl)s1. The number of hydrogen-bond acceptors (Lipinski definition) is 5. The first-order valence-corrected chi connectivity index (χ1v) is 10.5. The summed E-state index contributed by atoms with van der Waals surface area (Å²) in [5.41, 5.74) is -1.03. The largest absolute Gasteiger partial charge is 0.465 e. The monoisotopic (exact) mass is 460 g/mol. The Bertz CT molecular complexity index is 1160. The van der Waals surface area contributed by atoms with Crippen molar-refractivity contribution >= 4 is 34.7 Å². The summed E-state index contributed by atoms with van der Waals surface area (Å²) >= 11 is 8.69. The molecular formula is C18H14ClF3N3O2S2+. The van der Waals surface area contributed by atoms with E-state index in [0.29, 0.717) is 15.4 Å². The average Bonchev–Trinajstić information content (AvgIpc) is 3.30. The molecule has 1 atom stereocenters. The van der Waals surface area contributed by atoms with E-state index in [1.165, 1.54) is 42.3 Å². The first-order chi connectivity index (χ1) is 13.7. The zero-order valence-electron chi connectivity index (χ0n) is 15.2. The van der Waals surface area contributed by atoms with E-state index in [-0.39, 0.29) is 23.0 Å². The Morgan fingerprint density at radius 3 is 2.76 bits per heavy atom. The minimum atomic E-state index is -4.52. The summed E-state index contributed by atoms with van der Waals surface area (Å²) in [4.78, 5) is 18.3. The third-order valence-corrected chi connectivity index (χ3v) is 7.05. The summed E-state index contributed by atoms with van der Waals surface area (Å²) in [5.74, 6) is 0.785. The second-order valence-corrected chi connectivity index (χ2v) is 8.95. The van der Waals surface area contributed by atoms with E-state index in [2.05, 4.69) is 4.98 Å². The van der Waals surface area contributed by atoms with E-state index in [0.717, 1.165) is 17.0 Å². The van der Waals surface area contributed by atoms with Gasteiger partial charge < -0.3 is 4.74 Å². The van der Waals surface area contributed by atoms with Crippen LogP contribution in [0.4, 0.5) is 13.2 Å². The van der Waals surface area contributed by atoms with Gasteiger partial charge in [-0.3, -0.25) is 0 Å². The maximum absolute atomic E-state index is 13.5. The van der Waals surface area contributed by atoms with E-state index in [9.17, 15) is 18.0 Å². The molecule has 11 heteroatoms. The molecule has 0 saturated heterocycles. The fourth-order valence-electron chi connectivity index (χ4n) is 3.35. The lowest BCUT2D eigenvalue weighted by atomic mass is 10.0. The van der Waals surface area contributed by atoms with Crippen LogP contribution in [0.25, 0.3) is 11.1 Å². The number of fused-ring (bicyclic) bond motifs is 1. The Balaban J connectivity index is 1.97. The van der Waals surface area contributed by atoms with Gasteiger partial charge in [-0.15, -0.1) is 11.3 Å². The van der Waals surface area contributed by atoms with Crippen LogP contribution >= 0.6 is 34.7 Å². The molecule has 0 saturated carbocycles. The van der Waals surface area contributed by atoms with E-state index >= 15 is 0 Å². The molecule has 1 aromatic carbocycles. The number of methoxy groups -OCH3 is 1. The van der Waals surface area contributed by atoms with Gasteiger partial charge in [-0.25, -0.2) is 9.78 Å². The Morgan fingerprint density at radius 2 is 2.14 bits per heavy atom. The second-order valence-electron chi connectivity index (χ2n) is 6.32. The summed E-state index contributed by atoms with van der Waals surface area (Å²) in [6.45, 7) is 0. The standard InChI is InChI=1S/C18H14ClF3N3O2S2/c1-24-15(27-2)13(9-4-3-5-10(6-9)18(20,21)22)14(26)25-11(8-28-17(24)25)12-7-23-16(19)29-12/h3-7,11H,8H2,1-2H3/q+1/t11-/m1/s1. The topological polar surface area (TPSA) is 48.0 Å². The van der Waals surface area contributed by atoms with Gasteiger partial charge in [0.15, 0.2) is 16.1 Å². The van der Waals surface area contributed by atoms with Crippen molar-refractivity contribution in [3.05, 3.63) is 55.7 Å². The van der Waals surface area contributed by atoms with Gasteiger partial charge in [0.2, 0.25) is 0 Å². The third kappa shape index (κ3) is 3.43. The maximum atomic E-state index is 13.5. The van der Waals surface area contributed by atoms with Gasteiger partial charge in [0, 0.05) is 6.20 Å². The number of thiazole rings is 1.